The molecule has 2 amide bonds. The summed E-state index contributed by atoms with van der Waals surface area (Å²) in [5, 5.41) is 0. The standard InChI is InChI=1S/C9H11NO3/c1-5(2)8(11)10-7-4-13-3-6(7)9(10)12/h6-7H,1,3-4H2,2H3. The first-order valence-corrected chi connectivity index (χ1v) is 4.23. The van der Waals surface area contributed by atoms with Crippen molar-refractivity contribution in [1.29, 1.82) is 0 Å². The van der Waals surface area contributed by atoms with Crippen molar-refractivity contribution < 1.29 is 14.3 Å². The van der Waals surface area contributed by atoms with Crippen molar-refractivity contribution in [3.05, 3.63) is 12.2 Å². The zero-order valence-corrected chi connectivity index (χ0v) is 7.45. The highest BCUT2D eigenvalue weighted by Crippen LogP contribution is 2.32. The summed E-state index contributed by atoms with van der Waals surface area (Å²) >= 11 is 0. The third-order valence-electron chi connectivity index (χ3n) is 2.52. The second-order valence-corrected chi connectivity index (χ2v) is 3.51. The van der Waals surface area contributed by atoms with Crippen molar-refractivity contribution in [3.63, 3.8) is 0 Å². The zero-order valence-electron chi connectivity index (χ0n) is 7.45. The van der Waals surface area contributed by atoms with Gasteiger partial charge in [-0.3, -0.25) is 14.5 Å². The van der Waals surface area contributed by atoms with Crippen molar-refractivity contribution in [1.82, 2.24) is 4.90 Å². The predicted molar refractivity (Wildman–Crippen MR) is 44.8 cm³/mol. The molecule has 4 nitrogen and oxygen atoms in total. The maximum Gasteiger partial charge on any atom is 0.255 e. The van der Waals surface area contributed by atoms with Crippen LogP contribution in [-0.4, -0.2) is 36.0 Å². The third-order valence-corrected chi connectivity index (χ3v) is 2.52. The predicted octanol–water partition coefficient (Wildman–Crippen LogP) is -0.0537. The molecule has 0 aromatic rings. The van der Waals surface area contributed by atoms with E-state index >= 15 is 0 Å². The number of carbonyl (C=O) groups is 2. The van der Waals surface area contributed by atoms with E-state index in [1.54, 1.807) is 6.92 Å². The van der Waals surface area contributed by atoms with Gasteiger partial charge < -0.3 is 4.74 Å². The van der Waals surface area contributed by atoms with Gasteiger partial charge in [0.15, 0.2) is 0 Å². The number of nitrogens with zero attached hydrogens (tertiary/aromatic N) is 1. The van der Waals surface area contributed by atoms with Gasteiger partial charge >= 0.3 is 0 Å². The Balaban J connectivity index is 2.14. The molecule has 4 heteroatoms. The molecule has 2 aliphatic heterocycles. The van der Waals surface area contributed by atoms with Crippen LogP contribution in [0.15, 0.2) is 12.2 Å². The van der Waals surface area contributed by atoms with Crippen LogP contribution >= 0.6 is 0 Å². The number of imide groups is 1. The van der Waals surface area contributed by atoms with E-state index < -0.39 is 0 Å². The number of ether oxygens (including phenoxy) is 1. The molecule has 70 valence electrons. The van der Waals surface area contributed by atoms with Crippen molar-refractivity contribution in [2.45, 2.75) is 13.0 Å². The first-order valence-electron chi connectivity index (χ1n) is 4.23. The first kappa shape index (κ1) is 8.44. The molecule has 0 N–H and O–H groups in total. The number of hydrogen-bond acceptors (Lipinski definition) is 3. The van der Waals surface area contributed by atoms with Crippen LogP contribution in [0.5, 0.6) is 0 Å². The molecule has 0 bridgehead atoms. The van der Waals surface area contributed by atoms with Gasteiger partial charge in [0.2, 0.25) is 5.91 Å². The number of likely N-dealkylation sites (tertiary alicyclic amines) is 1. The second kappa shape index (κ2) is 2.67. The third kappa shape index (κ3) is 1.02. The molecule has 0 aromatic heterocycles. The van der Waals surface area contributed by atoms with Crippen LogP contribution in [0.3, 0.4) is 0 Å². The Morgan fingerprint density at radius 1 is 1.62 bits per heavy atom. The Morgan fingerprint density at radius 3 is 2.92 bits per heavy atom. The van der Waals surface area contributed by atoms with E-state index in [2.05, 4.69) is 6.58 Å². The monoisotopic (exact) mass is 181 g/mol. The Kier molecular flexibility index (Phi) is 1.73. The summed E-state index contributed by atoms with van der Waals surface area (Å²) in [7, 11) is 0. The Hall–Kier alpha value is -1.16. The number of hydrogen-bond donors (Lipinski definition) is 0. The minimum atomic E-state index is -0.267. The lowest BCUT2D eigenvalue weighted by atomic mass is 9.90. The minimum Gasteiger partial charge on any atom is -0.378 e. The fourth-order valence-corrected chi connectivity index (χ4v) is 1.75. The van der Waals surface area contributed by atoms with E-state index in [0.29, 0.717) is 18.8 Å². The van der Waals surface area contributed by atoms with Gasteiger partial charge in [0.05, 0.1) is 25.2 Å². The molecular weight excluding hydrogens is 170 g/mol. The molecule has 2 saturated heterocycles. The van der Waals surface area contributed by atoms with E-state index in [1.165, 1.54) is 4.90 Å². The zero-order chi connectivity index (χ0) is 9.59. The summed E-state index contributed by atoms with van der Waals surface area (Å²) in [5.41, 5.74) is 0.402. The van der Waals surface area contributed by atoms with Gasteiger partial charge in [0.25, 0.3) is 5.91 Å². The fraction of sp³-hybridized carbons (Fsp3) is 0.556. The topological polar surface area (TPSA) is 46.6 Å². The summed E-state index contributed by atoms with van der Waals surface area (Å²) in [6.45, 7) is 6.08. The van der Waals surface area contributed by atoms with Crippen molar-refractivity contribution in [2.75, 3.05) is 13.2 Å². The fourth-order valence-electron chi connectivity index (χ4n) is 1.75. The highest BCUT2D eigenvalue weighted by Gasteiger charge is 2.53. The van der Waals surface area contributed by atoms with E-state index in [-0.39, 0.29) is 23.8 Å². The normalized spacial score (nSPS) is 31.2. The van der Waals surface area contributed by atoms with Gasteiger partial charge in [-0.25, -0.2) is 0 Å². The average Bonchev–Trinajstić information content (AvgIpc) is 2.48. The lowest BCUT2D eigenvalue weighted by Gasteiger charge is -2.40. The maximum absolute atomic E-state index is 11.4. The number of rotatable bonds is 1. The molecule has 2 rings (SSSR count). The van der Waals surface area contributed by atoms with Crippen LogP contribution in [0.25, 0.3) is 0 Å². The van der Waals surface area contributed by atoms with Gasteiger partial charge in [-0.1, -0.05) is 6.58 Å². The molecule has 2 heterocycles. The molecule has 0 aliphatic carbocycles. The first-order chi connectivity index (χ1) is 6.13. The average molecular weight is 181 g/mol. The van der Waals surface area contributed by atoms with Gasteiger partial charge in [-0.15, -0.1) is 0 Å². The number of β-lactam (4-membered cyclic amide) rings is 1. The van der Waals surface area contributed by atoms with Crippen LogP contribution in [0.1, 0.15) is 6.92 Å². The van der Waals surface area contributed by atoms with Crippen LogP contribution in [0.4, 0.5) is 0 Å². The van der Waals surface area contributed by atoms with Crippen molar-refractivity contribution in [3.8, 4) is 0 Å². The van der Waals surface area contributed by atoms with Gasteiger partial charge in [0, 0.05) is 5.57 Å². The lowest BCUT2D eigenvalue weighted by Crippen LogP contribution is -2.62. The van der Waals surface area contributed by atoms with E-state index in [4.69, 9.17) is 4.74 Å². The largest absolute Gasteiger partial charge is 0.378 e. The van der Waals surface area contributed by atoms with Gasteiger partial charge in [-0.2, -0.15) is 0 Å². The highest BCUT2D eigenvalue weighted by atomic mass is 16.5. The van der Waals surface area contributed by atoms with Gasteiger partial charge in [0.1, 0.15) is 0 Å². The van der Waals surface area contributed by atoms with Crippen molar-refractivity contribution >= 4 is 11.8 Å². The Bertz CT molecular complexity index is 297. The summed E-state index contributed by atoms with van der Waals surface area (Å²) in [5.74, 6) is -0.462. The molecule has 2 unspecified atom stereocenters. The molecule has 0 saturated carbocycles. The van der Waals surface area contributed by atoms with Gasteiger partial charge in [-0.05, 0) is 6.92 Å². The lowest BCUT2D eigenvalue weighted by molar-refractivity contribution is -0.160. The number of fused-ring (bicyclic) bond motifs is 1. The molecule has 2 aliphatic rings. The summed E-state index contributed by atoms with van der Waals surface area (Å²) < 4.78 is 5.12. The van der Waals surface area contributed by atoms with E-state index in [9.17, 15) is 9.59 Å². The molecule has 2 fully saturated rings. The van der Waals surface area contributed by atoms with Crippen LogP contribution < -0.4 is 0 Å². The van der Waals surface area contributed by atoms with E-state index in [1.807, 2.05) is 0 Å². The molecule has 0 aromatic carbocycles. The van der Waals surface area contributed by atoms with E-state index in [0.717, 1.165) is 0 Å². The SMILES string of the molecule is C=C(C)C(=O)N1C(=O)C2COCC21. The quantitative estimate of drug-likeness (QED) is 0.421. The smallest absolute Gasteiger partial charge is 0.255 e. The van der Waals surface area contributed by atoms with Crippen molar-refractivity contribution in [2.24, 2.45) is 5.92 Å². The minimum absolute atomic E-state index is 0.0308. The Labute approximate surface area is 76.2 Å². The molecule has 0 spiro atoms. The molecule has 0 radical (unpaired) electrons. The van der Waals surface area contributed by atoms with Crippen LogP contribution in [0, 0.1) is 5.92 Å². The summed E-state index contributed by atoms with van der Waals surface area (Å²) in [6, 6.07) is -0.0308. The summed E-state index contributed by atoms with van der Waals surface area (Å²) in [6.07, 6.45) is 0. The number of amides is 2. The Morgan fingerprint density at radius 2 is 2.31 bits per heavy atom. The summed E-state index contributed by atoms with van der Waals surface area (Å²) in [4.78, 5) is 24.1. The maximum atomic E-state index is 11.4. The molecular formula is C9H11NO3. The van der Waals surface area contributed by atoms with Crippen LogP contribution in [-0.2, 0) is 14.3 Å². The second-order valence-electron chi connectivity index (χ2n) is 3.51. The number of carbonyl (C=O) groups excluding carboxylic acids is 2. The van der Waals surface area contributed by atoms with Crippen LogP contribution in [0.2, 0.25) is 0 Å². The molecule has 2 atom stereocenters. The highest BCUT2D eigenvalue weighted by molar-refractivity contribution is 6.08. The molecule has 13 heavy (non-hydrogen) atoms.